The third-order valence-corrected chi connectivity index (χ3v) is 8.58. The molecule has 6 heteroatoms. The molecule has 1 aromatic heterocycles. The minimum Gasteiger partial charge on any atom is -0.369 e. The first-order chi connectivity index (χ1) is 15.1. The van der Waals surface area contributed by atoms with Crippen LogP contribution in [0.2, 0.25) is 5.02 Å². The zero-order chi connectivity index (χ0) is 21.0. The minimum absolute atomic E-state index is 0.176. The van der Waals surface area contributed by atoms with Crippen molar-refractivity contribution >= 4 is 17.4 Å². The Labute approximate surface area is 188 Å². The molecule has 0 saturated heterocycles. The van der Waals surface area contributed by atoms with Gasteiger partial charge in [0.05, 0.1) is 10.7 Å². The van der Waals surface area contributed by atoms with Gasteiger partial charge in [-0.05, 0) is 85.8 Å². The molecule has 0 amide bonds. The molecule has 4 aliphatic carbocycles. The van der Waals surface area contributed by atoms with E-state index in [1.807, 2.05) is 6.07 Å². The van der Waals surface area contributed by atoms with Gasteiger partial charge in [0.25, 0.3) is 0 Å². The summed E-state index contributed by atoms with van der Waals surface area (Å²) in [4.78, 5) is 11.5. The lowest BCUT2D eigenvalue weighted by molar-refractivity contribution is -0.0444. The van der Waals surface area contributed by atoms with Crippen molar-refractivity contribution in [2.45, 2.75) is 58.0 Å². The quantitative estimate of drug-likeness (QED) is 0.670. The number of nitrogens with one attached hydrogen (secondary N) is 1. The van der Waals surface area contributed by atoms with Crippen molar-refractivity contribution in [3.05, 3.63) is 52.2 Å². The third-order valence-electron chi connectivity index (χ3n) is 8.27. The first-order valence-electron chi connectivity index (χ1n) is 11.8. The Morgan fingerprint density at radius 3 is 2.55 bits per heavy atom. The Morgan fingerprint density at radius 2 is 1.84 bits per heavy atom. The highest BCUT2D eigenvalue weighted by Crippen LogP contribution is 2.59. The summed E-state index contributed by atoms with van der Waals surface area (Å²) in [6.45, 7) is 3.46. The van der Waals surface area contributed by atoms with Gasteiger partial charge >= 0.3 is 0 Å². The van der Waals surface area contributed by atoms with E-state index in [4.69, 9.17) is 11.6 Å². The summed E-state index contributed by atoms with van der Waals surface area (Å²) in [7, 11) is 0. The van der Waals surface area contributed by atoms with Crippen LogP contribution in [0.5, 0.6) is 0 Å². The van der Waals surface area contributed by atoms with E-state index in [0.29, 0.717) is 12.0 Å². The predicted octanol–water partition coefficient (Wildman–Crippen LogP) is 5.46. The standard InChI is InChI=1S/C25H30ClFN4/c26-21-2-1-16(8-22(21)27)12-31-4-3-20-23(13-31)29-15-30-24(20)28-14-25-9-17-5-18(10-25)7-19(6-17)11-25/h1-2,8,15,17-19H,3-7,9-14H2,(H,28,29,30). The van der Waals surface area contributed by atoms with Gasteiger partial charge in [-0.1, -0.05) is 17.7 Å². The summed E-state index contributed by atoms with van der Waals surface area (Å²) in [5.74, 6) is 3.60. The van der Waals surface area contributed by atoms with Crippen LogP contribution in [0.1, 0.15) is 55.3 Å². The van der Waals surface area contributed by atoms with E-state index in [1.165, 1.54) is 50.2 Å². The van der Waals surface area contributed by atoms with Crippen LogP contribution in [-0.2, 0) is 19.5 Å². The molecule has 1 aliphatic heterocycles. The van der Waals surface area contributed by atoms with Crippen LogP contribution in [0.25, 0.3) is 0 Å². The van der Waals surface area contributed by atoms with E-state index < -0.39 is 0 Å². The Kier molecular flexibility index (Phi) is 4.95. The second kappa shape index (κ2) is 7.70. The van der Waals surface area contributed by atoms with E-state index in [9.17, 15) is 4.39 Å². The molecule has 31 heavy (non-hydrogen) atoms. The van der Waals surface area contributed by atoms with E-state index in [0.717, 1.165) is 60.9 Å². The third kappa shape index (κ3) is 3.84. The van der Waals surface area contributed by atoms with Gasteiger partial charge in [0.15, 0.2) is 0 Å². The van der Waals surface area contributed by atoms with Gasteiger partial charge in [-0.2, -0.15) is 0 Å². The first kappa shape index (κ1) is 19.9. The van der Waals surface area contributed by atoms with E-state index in [-0.39, 0.29) is 10.8 Å². The molecule has 0 spiro atoms. The maximum Gasteiger partial charge on any atom is 0.142 e. The number of anilines is 1. The number of aromatic nitrogens is 2. The SMILES string of the molecule is Fc1cc(CN2CCc3c(ncnc3NCC34CC5CC(CC(C5)C3)C4)C2)ccc1Cl. The fraction of sp³-hybridized carbons (Fsp3) is 0.600. The highest BCUT2D eigenvalue weighted by atomic mass is 35.5. The summed E-state index contributed by atoms with van der Waals surface area (Å²) < 4.78 is 13.8. The molecule has 7 rings (SSSR count). The highest BCUT2D eigenvalue weighted by Gasteiger charge is 2.50. The second-order valence-corrected chi connectivity index (χ2v) is 11.0. The van der Waals surface area contributed by atoms with Crippen LogP contribution < -0.4 is 5.32 Å². The smallest absolute Gasteiger partial charge is 0.142 e. The Hall–Kier alpha value is -1.72. The monoisotopic (exact) mass is 440 g/mol. The lowest BCUT2D eigenvalue weighted by Crippen LogP contribution is -2.49. The van der Waals surface area contributed by atoms with Crippen LogP contribution in [0.3, 0.4) is 0 Å². The van der Waals surface area contributed by atoms with E-state index >= 15 is 0 Å². The number of rotatable bonds is 5. The van der Waals surface area contributed by atoms with Gasteiger partial charge in [-0.25, -0.2) is 14.4 Å². The molecule has 164 valence electrons. The number of hydrogen-bond donors (Lipinski definition) is 1. The second-order valence-electron chi connectivity index (χ2n) is 10.6. The largest absolute Gasteiger partial charge is 0.369 e. The van der Waals surface area contributed by atoms with Gasteiger partial charge in [0.2, 0.25) is 0 Å². The molecule has 0 unspecified atom stereocenters. The molecule has 4 fully saturated rings. The van der Waals surface area contributed by atoms with Crippen molar-refractivity contribution in [3.63, 3.8) is 0 Å². The van der Waals surface area contributed by atoms with Gasteiger partial charge in [0, 0.05) is 31.7 Å². The lowest BCUT2D eigenvalue weighted by Gasteiger charge is -2.57. The summed E-state index contributed by atoms with van der Waals surface area (Å²) in [5.41, 5.74) is 3.81. The number of hydrogen-bond acceptors (Lipinski definition) is 4. The summed E-state index contributed by atoms with van der Waals surface area (Å²) in [6, 6.07) is 5.08. The maximum atomic E-state index is 13.8. The normalized spacial score (nSPS) is 31.6. The molecule has 4 bridgehead atoms. The van der Waals surface area contributed by atoms with Crippen LogP contribution in [0.4, 0.5) is 10.2 Å². The maximum absolute atomic E-state index is 13.8. The highest BCUT2D eigenvalue weighted by molar-refractivity contribution is 6.30. The first-order valence-corrected chi connectivity index (χ1v) is 12.2. The summed E-state index contributed by atoms with van der Waals surface area (Å²) >= 11 is 5.82. The molecule has 0 radical (unpaired) electrons. The molecule has 2 heterocycles. The Morgan fingerprint density at radius 1 is 1.10 bits per heavy atom. The summed E-state index contributed by atoms with van der Waals surface area (Å²) in [5, 5.41) is 3.95. The van der Waals surface area contributed by atoms with Crippen LogP contribution in [0, 0.1) is 29.0 Å². The van der Waals surface area contributed by atoms with Crippen molar-refractivity contribution in [1.29, 1.82) is 0 Å². The number of halogens is 2. The van der Waals surface area contributed by atoms with Gasteiger partial charge in [0.1, 0.15) is 18.0 Å². The van der Waals surface area contributed by atoms with E-state index in [1.54, 1.807) is 12.4 Å². The fourth-order valence-corrected chi connectivity index (χ4v) is 7.49. The number of fused-ring (bicyclic) bond motifs is 1. The predicted molar refractivity (Wildman–Crippen MR) is 120 cm³/mol. The molecule has 2 aromatic rings. The fourth-order valence-electron chi connectivity index (χ4n) is 7.37. The van der Waals surface area contributed by atoms with Crippen LogP contribution in [-0.4, -0.2) is 28.0 Å². The molecule has 1 N–H and O–H groups in total. The lowest BCUT2D eigenvalue weighted by atomic mass is 9.49. The summed E-state index contributed by atoms with van der Waals surface area (Å²) in [6.07, 6.45) is 11.3. The average molecular weight is 441 g/mol. The van der Waals surface area contributed by atoms with Crippen molar-refractivity contribution in [2.24, 2.45) is 23.2 Å². The van der Waals surface area contributed by atoms with Crippen molar-refractivity contribution in [2.75, 3.05) is 18.4 Å². The van der Waals surface area contributed by atoms with Crippen LogP contribution >= 0.6 is 11.6 Å². The van der Waals surface area contributed by atoms with Crippen molar-refractivity contribution < 1.29 is 4.39 Å². The number of benzene rings is 1. The number of nitrogens with zero attached hydrogens (tertiary/aromatic N) is 3. The molecular weight excluding hydrogens is 411 g/mol. The van der Waals surface area contributed by atoms with Crippen LogP contribution in [0.15, 0.2) is 24.5 Å². The average Bonchev–Trinajstić information content (AvgIpc) is 2.74. The Bertz CT molecular complexity index is 958. The molecule has 0 atom stereocenters. The zero-order valence-electron chi connectivity index (χ0n) is 17.9. The van der Waals surface area contributed by atoms with Gasteiger partial charge < -0.3 is 5.32 Å². The molecule has 1 aromatic carbocycles. The molecule has 5 aliphatic rings. The van der Waals surface area contributed by atoms with Gasteiger partial charge in [-0.15, -0.1) is 0 Å². The molecule has 4 nitrogen and oxygen atoms in total. The van der Waals surface area contributed by atoms with Crippen molar-refractivity contribution in [3.8, 4) is 0 Å². The molecular formula is C25H30ClFN4. The topological polar surface area (TPSA) is 41.1 Å². The Balaban J connectivity index is 1.14. The van der Waals surface area contributed by atoms with Gasteiger partial charge in [-0.3, -0.25) is 4.90 Å². The zero-order valence-corrected chi connectivity index (χ0v) is 18.7. The van der Waals surface area contributed by atoms with E-state index in [2.05, 4.69) is 20.2 Å². The molecule has 4 saturated carbocycles. The minimum atomic E-state index is -0.352. The van der Waals surface area contributed by atoms with Crippen molar-refractivity contribution in [1.82, 2.24) is 14.9 Å².